The average Bonchev–Trinajstić information content (AvgIpc) is 2.85. The number of benzene rings is 2. The van der Waals surface area contributed by atoms with Crippen molar-refractivity contribution in [3.8, 4) is 0 Å². The molecule has 0 aromatic heterocycles. The fraction of sp³-hybridized carbons (Fsp3) is 0.143. The molecule has 2 aromatic carbocycles. The molecule has 98 valence electrons. The average molecular weight is 389 g/mol. The lowest BCUT2D eigenvalue weighted by molar-refractivity contribution is 0.612. The summed E-state index contributed by atoms with van der Waals surface area (Å²) in [5.74, 6) is -0.197. The Bertz CT molecular complexity index is 646. The molecule has 0 unspecified atom stereocenters. The molecule has 0 bridgehead atoms. The summed E-state index contributed by atoms with van der Waals surface area (Å²) in [4.78, 5) is 0. The maximum atomic E-state index is 14.3. The van der Waals surface area contributed by atoms with Crippen molar-refractivity contribution in [1.82, 2.24) is 5.32 Å². The molecule has 2 N–H and O–H groups in total. The van der Waals surface area contributed by atoms with E-state index in [-0.39, 0.29) is 5.82 Å². The van der Waals surface area contributed by atoms with Crippen LogP contribution in [0.5, 0.6) is 0 Å². The summed E-state index contributed by atoms with van der Waals surface area (Å²) < 4.78 is 15.4. The molecule has 0 atom stereocenters. The lowest BCUT2D eigenvalue weighted by Crippen LogP contribution is -2.01. The molecular weight excluding hydrogens is 378 g/mol. The van der Waals surface area contributed by atoms with Crippen molar-refractivity contribution in [3.63, 3.8) is 0 Å². The molecule has 0 fully saturated rings. The normalized spacial score (nSPS) is 13.4. The van der Waals surface area contributed by atoms with E-state index < -0.39 is 0 Å². The smallest absolute Gasteiger partial charge is 0.151 e. The molecule has 19 heavy (non-hydrogen) atoms. The molecule has 0 saturated heterocycles. The van der Waals surface area contributed by atoms with E-state index in [1.54, 1.807) is 6.07 Å². The highest BCUT2D eigenvalue weighted by molar-refractivity contribution is 14.1. The van der Waals surface area contributed by atoms with Crippen LogP contribution in [0.25, 0.3) is 0 Å². The van der Waals surface area contributed by atoms with Crippen LogP contribution in [0.4, 0.5) is 15.8 Å². The first-order valence-electron chi connectivity index (χ1n) is 5.88. The first kappa shape index (κ1) is 13.1. The highest BCUT2D eigenvalue weighted by Crippen LogP contribution is 2.31. The minimum absolute atomic E-state index is 0.197. The quantitative estimate of drug-likeness (QED) is 0.744. The van der Waals surface area contributed by atoms with Gasteiger partial charge < -0.3 is 10.6 Å². The van der Waals surface area contributed by atoms with E-state index in [4.69, 9.17) is 11.6 Å². The molecule has 5 heteroatoms. The first-order valence-corrected chi connectivity index (χ1v) is 7.34. The van der Waals surface area contributed by atoms with E-state index in [1.807, 2.05) is 24.3 Å². The summed E-state index contributed by atoms with van der Waals surface area (Å²) in [5.41, 5.74) is 2.95. The molecule has 0 saturated carbocycles. The summed E-state index contributed by atoms with van der Waals surface area (Å²) in [5, 5.41) is 6.79. The maximum Gasteiger partial charge on any atom is 0.151 e. The highest BCUT2D eigenvalue weighted by Gasteiger charge is 2.17. The second kappa shape index (κ2) is 5.26. The Morgan fingerprint density at radius 1 is 1.16 bits per heavy atom. The summed E-state index contributed by atoms with van der Waals surface area (Å²) in [6, 6.07) is 9.34. The number of rotatable bonds is 2. The van der Waals surface area contributed by atoms with Crippen LogP contribution in [-0.2, 0) is 13.1 Å². The van der Waals surface area contributed by atoms with Crippen molar-refractivity contribution >= 4 is 45.6 Å². The van der Waals surface area contributed by atoms with E-state index in [2.05, 4.69) is 33.2 Å². The van der Waals surface area contributed by atoms with Gasteiger partial charge in [-0.2, -0.15) is 0 Å². The molecule has 2 aromatic rings. The van der Waals surface area contributed by atoms with Crippen LogP contribution in [0.15, 0.2) is 30.3 Å². The number of hydrogen-bond acceptors (Lipinski definition) is 2. The van der Waals surface area contributed by atoms with Gasteiger partial charge in [0.25, 0.3) is 0 Å². The Balaban J connectivity index is 1.96. The van der Waals surface area contributed by atoms with Crippen LogP contribution in [0, 0.1) is 9.39 Å². The Morgan fingerprint density at radius 2 is 1.95 bits per heavy atom. The van der Waals surface area contributed by atoms with Gasteiger partial charge in [-0.25, -0.2) is 4.39 Å². The molecule has 0 spiro atoms. The monoisotopic (exact) mass is 388 g/mol. The van der Waals surface area contributed by atoms with Gasteiger partial charge in [-0.05, 0) is 52.4 Å². The van der Waals surface area contributed by atoms with Gasteiger partial charge in [0.1, 0.15) is 0 Å². The first-order chi connectivity index (χ1) is 9.15. The molecule has 3 rings (SSSR count). The SMILES string of the molecule is Fc1c(Nc2ccc(I)cc2Cl)ccc2c1CNC2. The zero-order valence-electron chi connectivity index (χ0n) is 9.93. The number of halogens is 3. The number of anilines is 2. The van der Waals surface area contributed by atoms with Crippen LogP contribution >= 0.6 is 34.2 Å². The van der Waals surface area contributed by atoms with E-state index in [0.29, 0.717) is 22.9 Å². The third-order valence-corrected chi connectivity index (χ3v) is 4.14. The van der Waals surface area contributed by atoms with Gasteiger partial charge in [0.15, 0.2) is 5.82 Å². The number of hydrogen-bond donors (Lipinski definition) is 2. The van der Waals surface area contributed by atoms with Gasteiger partial charge in [0, 0.05) is 22.2 Å². The van der Waals surface area contributed by atoms with Crippen LogP contribution in [-0.4, -0.2) is 0 Å². The van der Waals surface area contributed by atoms with Crippen molar-refractivity contribution in [1.29, 1.82) is 0 Å². The Hall–Kier alpha value is -0.850. The molecule has 0 aliphatic carbocycles. The van der Waals surface area contributed by atoms with E-state index >= 15 is 0 Å². The largest absolute Gasteiger partial charge is 0.352 e. The zero-order valence-corrected chi connectivity index (χ0v) is 12.8. The minimum Gasteiger partial charge on any atom is -0.352 e. The van der Waals surface area contributed by atoms with Crippen LogP contribution < -0.4 is 10.6 Å². The lowest BCUT2D eigenvalue weighted by atomic mass is 10.1. The molecule has 0 amide bonds. The van der Waals surface area contributed by atoms with Crippen molar-refractivity contribution in [2.75, 3.05) is 5.32 Å². The minimum atomic E-state index is -0.197. The van der Waals surface area contributed by atoms with E-state index in [1.165, 1.54) is 0 Å². The third kappa shape index (κ3) is 2.57. The topological polar surface area (TPSA) is 24.1 Å². The summed E-state index contributed by atoms with van der Waals surface area (Å²) in [6.07, 6.45) is 0. The molecule has 0 radical (unpaired) electrons. The van der Waals surface area contributed by atoms with Crippen molar-refractivity contribution in [2.45, 2.75) is 13.1 Å². The predicted octanol–water partition coefficient (Wildman–Crippen LogP) is 4.43. The van der Waals surface area contributed by atoms with Crippen LogP contribution in [0.3, 0.4) is 0 Å². The maximum absolute atomic E-state index is 14.3. The molecule has 1 heterocycles. The Morgan fingerprint density at radius 3 is 2.74 bits per heavy atom. The van der Waals surface area contributed by atoms with Gasteiger partial charge in [-0.3, -0.25) is 0 Å². The van der Waals surface area contributed by atoms with Crippen molar-refractivity contribution in [3.05, 3.63) is 55.9 Å². The fourth-order valence-electron chi connectivity index (χ4n) is 2.17. The van der Waals surface area contributed by atoms with Gasteiger partial charge in [-0.1, -0.05) is 17.7 Å². The van der Waals surface area contributed by atoms with Gasteiger partial charge in [-0.15, -0.1) is 0 Å². The third-order valence-electron chi connectivity index (χ3n) is 3.16. The van der Waals surface area contributed by atoms with Gasteiger partial charge >= 0.3 is 0 Å². The standard InChI is InChI=1S/C14H11ClFIN2/c15-11-5-9(17)2-4-12(11)19-13-3-1-8-6-18-7-10(8)14(13)16/h1-5,18-19H,6-7H2. The molecule has 2 nitrogen and oxygen atoms in total. The van der Waals surface area contributed by atoms with E-state index in [9.17, 15) is 4.39 Å². The summed E-state index contributed by atoms with van der Waals surface area (Å²) in [7, 11) is 0. The number of nitrogens with one attached hydrogen (secondary N) is 2. The second-order valence-corrected chi connectivity index (χ2v) is 6.07. The lowest BCUT2D eigenvalue weighted by Gasteiger charge is -2.11. The predicted molar refractivity (Wildman–Crippen MR) is 84.4 cm³/mol. The molecule has 1 aliphatic rings. The molecule has 1 aliphatic heterocycles. The summed E-state index contributed by atoms with van der Waals surface area (Å²) >= 11 is 8.34. The van der Waals surface area contributed by atoms with Crippen LogP contribution in [0.1, 0.15) is 11.1 Å². The fourth-order valence-corrected chi connectivity index (χ4v) is 3.08. The Labute approximate surface area is 129 Å². The second-order valence-electron chi connectivity index (χ2n) is 4.42. The van der Waals surface area contributed by atoms with Crippen molar-refractivity contribution < 1.29 is 4.39 Å². The van der Waals surface area contributed by atoms with Crippen LogP contribution in [0.2, 0.25) is 5.02 Å². The Kier molecular flexibility index (Phi) is 3.64. The summed E-state index contributed by atoms with van der Waals surface area (Å²) in [6.45, 7) is 1.31. The van der Waals surface area contributed by atoms with Gasteiger partial charge in [0.05, 0.1) is 16.4 Å². The van der Waals surface area contributed by atoms with Crippen molar-refractivity contribution in [2.24, 2.45) is 0 Å². The molecular formula is C14H11ClFIN2. The zero-order chi connectivity index (χ0) is 13.4. The highest BCUT2D eigenvalue weighted by atomic mass is 127. The number of fused-ring (bicyclic) bond motifs is 1. The van der Waals surface area contributed by atoms with E-state index in [0.717, 1.165) is 21.2 Å². The van der Waals surface area contributed by atoms with Gasteiger partial charge in [0.2, 0.25) is 0 Å².